The van der Waals surface area contributed by atoms with Gasteiger partial charge in [0.15, 0.2) is 5.82 Å². The van der Waals surface area contributed by atoms with Gasteiger partial charge in [-0.15, -0.1) is 5.10 Å². The Morgan fingerprint density at radius 3 is 1.61 bits per heavy atom. The van der Waals surface area contributed by atoms with Gasteiger partial charge >= 0.3 is 24.3 Å². The molecule has 12 nitrogen and oxygen atoms in total. The Morgan fingerprint density at radius 1 is 0.702 bits per heavy atom. The van der Waals surface area contributed by atoms with Crippen LogP contribution in [-0.4, -0.2) is 78.7 Å². The Hall–Kier alpha value is -5.37. The summed E-state index contributed by atoms with van der Waals surface area (Å²) >= 11 is 0. The van der Waals surface area contributed by atoms with E-state index < -0.39 is 70.8 Å². The predicted molar refractivity (Wildman–Crippen MR) is 181 cm³/mol. The molecule has 0 unspecified atom stereocenters. The van der Waals surface area contributed by atoms with Crippen molar-refractivity contribution in [3.8, 4) is 17.6 Å². The quantitative estimate of drug-likeness (QED) is 0.0992. The molecular formula is C36H39F9N6O6. The maximum atomic E-state index is 14.2. The molecule has 4 aromatic heterocycles. The first-order valence-corrected chi connectivity index (χ1v) is 17.1. The van der Waals surface area contributed by atoms with Gasteiger partial charge in [-0.25, -0.2) is 19.4 Å². The van der Waals surface area contributed by atoms with E-state index in [0.29, 0.717) is 0 Å². The van der Waals surface area contributed by atoms with Gasteiger partial charge in [0, 0.05) is 18.3 Å². The monoisotopic (exact) mass is 822 g/mol. The van der Waals surface area contributed by atoms with Crippen LogP contribution >= 0.6 is 0 Å². The van der Waals surface area contributed by atoms with Crippen molar-refractivity contribution in [2.24, 2.45) is 10.8 Å². The number of aromatic nitrogens is 6. The highest BCUT2D eigenvalue weighted by atomic mass is 19.4. The lowest BCUT2D eigenvalue weighted by molar-refractivity contribution is -0.195. The second-order valence-electron chi connectivity index (χ2n) is 15.1. The number of aromatic amines is 1. The lowest BCUT2D eigenvalue weighted by Gasteiger charge is -2.19. The Bertz CT molecular complexity index is 2000. The van der Waals surface area contributed by atoms with Crippen LogP contribution in [0.15, 0.2) is 48.8 Å². The molecule has 2 fully saturated rings. The van der Waals surface area contributed by atoms with E-state index in [0.717, 1.165) is 16.8 Å². The van der Waals surface area contributed by atoms with Crippen molar-refractivity contribution in [1.29, 1.82) is 0 Å². The molecular weight excluding hydrogens is 783 g/mol. The molecule has 2 aliphatic carbocycles. The molecule has 312 valence electrons. The third-order valence-electron chi connectivity index (χ3n) is 8.07. The van der Waals surface area contributed by atoms with Crippen LogP contribution in [0.1, 0.15) is 87.9 Å². The first-order chi connectivity index (χ1) is 26.2. The molecule has 21 heteroatoms. The van der Waals surface area contributed by atoms with Crippen molar-refractivity contribution in [2.45, 2.75) is 90.8 Å². The third kappa shape index (κ3) is 12.3. The smallest absolute Gasteiger partial charge is 0.397 e. The number of H-pyrrole nitrogens is 1. The second kappa shape index (κ2) is 16.6. The highest BCUT2D eigenvalue weighted by Gasteiger charge is 2.64. The molecule has 2 saturated carbocycles. The molecule has 0 aromatic carbocycles. The number of pyridine rings is 2. The van der Waals surface area contributed by atoms with Crippen LogP contribution in [0.4, 0.5) is 39.5 Å². The lowest BCUT2D eigenvalue weighted by atomic mass is 10.1. The highest BCUT2D eigenvalue weighted by Crippen LogP contribution is 2.58. The molecule has 4 heterocycles. The first kappa shape index (κ1) is 44.3. The summed E-state index contributed by atoms with van der Waals surface area (Å²) in [6, 6.07) is 7.31. The van der Waals surface area contributed by atoms with Gasteiger partial charge < -0.3 is 18.9 Å². The minimum Gasteiger partial charge on any atom is -0.477 e. The Balaban J connectivity index is 0.000000209. The summed E-state index contributed by atoms with van der Waals surface area (Å²) in [6.45, 7) is 9.08. The number of alkyl halides is 6. The average molecular weight is 823 g/mol. The number of ether oxygens (including phenoxy) is 4. The number of nitrogens with zero attached hydrogens (tertiary/aromatic N) is 5. The molecule has 1 N–H and O–H groups in total. The van der Waals surface area contributed by atoms with Crippen molar-refractivity contribution in [3.63, 3.8) is 0 Å². The van der Waals surface area contributed by atoms with Crippen molar-refractivity contribution >= 4 is 11.9 Å². The van der Waals surface area contributed by atoms with Crippen LogP contribution in [-0.2, 0) is 9.47 Å². The van der Waals surface area contributed by atoms with E-state index in [1.807, 2.05) is 0 Å². The molecule has 4 aromatic rings. The van der Waals surface area contributed by atoms with E-state index in [4.69, 9.17) is 18.9 Å². The van der Waals surface area contributed by atoms with Crippen molar-refractivity contribution in [3.05, 3.63) is 77.8 Å². The molecule has 57 heavy (non-hydrogen) atoms. The fourth-order valence-electron chi connectivity index (χ4n) is 4.52. The van der Waals surface area contributed by atoms with Crippen LogP contribution in [0.2, 0.25) is 0 Å². The molecule has 0 radical (unpaired) electrons. The summed E-state index contributed by atoms with van der Waals surface area (Å²) in [5.41, 5.74) is -5.63. The lowest BCUT2D eigenvalue weighted by Crippen LogP contribution is -2.30. The van der Waals surface area contributed by atoms with E-state index in [2.05, 4.69) is 25.3 Å². The molecule has 0 amide bonds. The SMILES string of the molecule is CC(C)(C)OC(=O)c1ccc(-n2ccc(OCC3(C(F)(F)F)CC3)n2)nc1F.CC(C)(C)OC(=O)c1ccc(F)nc1F.FC(F)(F)C1(COc2ccn[nH]2)CC1. The number of hydrogen-bond donors (Lipinski definition) is 1. The van der Waals surface area contributed by atoms with Crippen LogP contribution in [0.5, 0.6) is 11.8 Å². The van der Waals surface area contributed by atoms with Gasteiger partial charge in [-0.2, -0.15) is 54.6 Å². The van der Waals surface area contributed by atoms with Crippen LogP contribution in [0, 0.1) is 28.7 Å². The van der Waals surface area contributed by atoms with E-state index >= 15 is 0 Å². The largest absolute Gasteiger partial charge is 0.477 e. The van der Waals surface area contributed by atoms with Gasteiger partial charge in [-0.05, 0) is 91.5 Å². The number of halogens is 9. The fraction of sp³-hybridized carbons (Fsp3) is 0.500. The van der Waals surface area contributed by atoms with Crippen molar-refractivity contribution < 1.29 is 68.1 Å². The predicted octanol–water partition coefficient (Wildman–Crippen LogP) is 8.53. The van der Waals surface area contributed by atoms with Crippen LogP contribution < -0.4 is 9.47 Å². The summed E-state index contributed by atoms with van der Waals surface area (Å²) in [4.78, 5) is 29.9. The normalized spacial score (nSPS) is 15.6. The van der Waals surface area contributed by atoms with E-state index in [-0.39, 0.29) is 61.0 Å². The minimum atomic E-state index is -4.32. The first-order valence-electron chi connectivity index (χ1n) is 17.1. The summed E-state index contributed by atoms with van der Waals surface area (Å²) < 4.78 is 137. The summed E-state index contributed by atoms with van der Waals surface area (Å²) in [5, 5.41) is 9.97. The maximum absolute atomic E-state index is 14.2. The Morgan fingerprint density at radius 2 is 1.19 bits per heavy atom. The molecule has 6 rings (SSSR count). The maximum Gasteiger partial charge on any atom is 0.397 e. The minimum absolute atomic E-state index is 0.0239. The molecule has 0 aliphatic heterocycles. The molecule has 0 spiro atoms. The summed E-state index contributed by atoms with van der Waals surface area (Å²) in [7, 11) is 0. The number of esters is 2. The fourth-order valence-corrected chi connectivity index (χ4v) is 4.52. The van der Waals surface area contributed by atoms with Crippen LogP contribution in [0.25, 0.3) is 5.82 Å². The molecule has 2 aliphatic rings. The number of hydrogen-bond acceptors (Lipinski definition) is 10. The Labute approximate surface area is 320 Å². The van der Waals surface area contributed by atoms with Crippen molar-refractivity contribution in [1.82, 2.24) is 29.9 Å². The summed E-state index contributed by atoms with van der Waals surface area (Å²) in [5.74, 6) is -4.60. The average Bonchev–Trinajstić information content (AvgIpc) is 3.94. The Kier molecular flexibility index (Phi) is 12.9. The van der Waals surface area contributed by atoms with Crippen molar-refractivity contribution in [2.75, 3.05) is 13.2 Å². The van der Waals surface area contributed by atoms with Gasteiger partial charge in [0.1, 0.15) is 46.4 Å². The van der Waals surface area contributed by atoms with Gasteiger partial charge in [0.05, 0.1) is 6.20 Å². The zero-order valence-electron chi connectivity index (χ0n) is 31.4. The zero-order chi connectivity index (χ0) is 42.6. The van der Waals surface area contributed by atoms with E-state index in [9.17, 15) is 49.1 Å². The number of carbonyl (C=O) groups excluding carboxylic acids is 2. The standard InChI is InChI=1S/C18H19F4N3O3.C10H11F2NO2.C8H9F3N2O/c1-16(2,3)28-15(26)11-4-5-12(23-14(11)19)25-9-6-13(24-25)27-10-17(7-8-17)18(20,21)22;1-10(2,3)15-9(14)6-4-5-7(11)13-8(6)12;9-8(10,11)7(2-3-7)5-14-6-1-4-12-13-6/h4-6,9H,7-8,10H2,1-3H3;4-5H,1-3H3;1,4H,2-3,5H2,(H,12,13). The highest BCUT2D eigenvalue weighted by molar-refractivity contribution is 5.90. The number of rotatable bonds is 9. The molecule has 0 saturated heterocycles. The van der Waals surface area contributed by atoms with E-state index in [1.165, 1.54) is 36.7 Å². The van der Waals surface area contributed by atoms with Gasteiger partial charge in [-0.1, -0.05) is 0 Å². The van der Waals surface area contributed by atoms with Gasteiger partial charge in [-0.3, -0.25) is 0 Å². The third-order valence-corrected chi connectivity index (χ3v) is 8.07. The van der Waals surface area contributed by atoms with Gasteiger partial charge in [0.2, 0.25) is 29.6 Å². The topological polar surface area (TPSA) is 143 Å². The molecule has 0 bridgehead atoms. The zero-order valence-corrected chi connectivity index (χ0v) is 31.4. The second-order valence-corrected chi connectivity index (χ2v) is 15.1. The summed E-state index contributed by atoms with van der Waals surface area (Å²) in [6.07, 6.45) is -5.31. The van der Waals surface area contributed by atoms with Gasteiger partial charge in [0.25, 0.3) is 0 Å². The molecule has 0 atom stereocenters. The number of nitrogens with one attached hydrogen (secondary N) is 1. The van der Waals surface area contributed by atoms with Crippen LogP contribution in [0.3, 0.4) is 0 Å². The number of carbonyl (C=O) groups is 2. The van der Waals surface area contributed by atoms with E-state index in [1.54, 1.807) is 41.5 Å².